The zero-order chi connectivity index (χ0) is 25.4. The number of amides is 4. The van der Waals surface area contributed by atoms with E-state index in [4.69, 9.17) is 0 Å². The molecule has 0 aromatic carbocycles. The summed E-state index contributed by atoms with van der Waals surface area (Å²) < 4.78 is 38.7. The summed E-state index contributed by atoms with van der Waals surface area (Å²) in [6.45, 7) is 5.11. The number of fused-ring (bicyclic) bond motifs is 2. The Morgan fingerprint density at radius 3 is 2.38 bits per heavy atom. The number of hydrogen-bond acceptors (Lipinski definition) is 5. The number of hydrogen-bond donors (Lipinski definition) is 3. The summed E-state index contributed by atoms with van der Waals surface area (Å²) in [6, 6.07) is -1.74. The molecule has 3 N–H and O–H groups in total. The van der Waals surface area contributed by atoms with Gasteiger partial charge < -0.3 is 20.9 Å². The Labute approximate surface area is 195 Å². The minimum Gasteiger partial charge on any atom is -0.356 e. The van der Waals surface area contributed by atoms with E-state index in [-0.39, 0.29) is 24.3 Å². The smallest absolute Gasteiger partial charge is 0.356 e. The van der Waals surface area contributed by atoms with Crippen molar-refractivity contribution in [3.05, 3.63) is 0 Å². The highest BCUT2D eigenvalue weighted by Gasteiger charge is 2.54. The molecule has 12 heteroatoms. The summed E-state index contributed by atoms with van der Waals surface area (Å²) in [4.78, 5) is 51.5. The van der Waals surface area contributed by atoms with Crippen LogP contribution in [0.15, 0.2) is 0 Å². The largest absolute Gasteiger partial charge is 0.471 e. The van der Waals surface area contributed by atoms with Gasteiger partial charge in [0.15, 0.2) is 0 Å². The lowest BCUT2D eigenvalue weighted by Gasteiger charge is -2.40. The van der Waals surface area contributed by atoms with Gasteiger partial charge in [-0.1, -0.05) is 20.8 Å². The van der Waals surface area contributed by atoms with Crippen molar-refractivity contribution in [1.82, 2.24) is 20.9 Å². The van der Waals surface area contributed by atoms with E-state index in [0.29, 0.717) is 32.2 Å². The summed E-state index contributed by atoms with van der Waals surface area (Å²) in [6.07, 6.45) is -2.67. The molecule has 188 valence electrons. The van der Waals surface area contributed by atoms with Crippen LogP contribution in [0.3, 0.4) is 0 Å². The van der Waals surface area contributed by atoms with Crippen molar-refractivity contribution in [2.24, 2.45) is 17.3 Å². The van der Waals surface area contributed by atoms with E-state index in [2.05, 4.69) is 10.6 Å². The zero-order valence-electron chi connectivity index (χ0n) is 19.4. The first kappa shape index (κ1) is 25.8. The van der Waals surface area contributed by atoms with Crippen molar-refractivity contribution in [3.8, 4) is 6.07 Å². The zero-order valence-corrected chi connectivity index (χ0v) is 19.4. The number of carbonyl (C=O) groups excluding carboxylic acids is 4. The number of likely N-dealkylation sites (tertiary alicyclic amines) is 1. The number of nitrogens with one attached hydrogen (secondary N) is 3. The summed E-state index contributed by atoms with van der Waals surface area (Å²) in [5, 5.41) is 16.6. The van der Waals surface area contributed by atoms with Crippen molar-refractivity contribution in [2.75, 3.05) is 6.54 Å². The van der Waals surface area contributed by atoms with Gasteiger partial charge in [0.1, 0.15) is 18.1 Å². The number of rotatable bonds is 6. The van der Waals surface area contributed by atoms with Gasteiger partial charge in [-0.25, -0.2) is 0 Å². The van der Waals surface area contributed by atoms with Gasteiger partial charge in [0.25, 0.3) is 0 Å². The minimum absolute atomic E-state index is 0.134. The van der Waals surface area contributed by atoms with E-state index in [1.165, 1.54) is 25.7 Å². The SMILES string of the molecule is CC(C)(C)[C@H](NC(=O)C(F)(F)F)C(=O)N1C2CCC(C2)[C@H]1C(=O)N[C@H](C#N)C[C@@H]1CCNC1=O. The van der Waals surface area contributed by atoms with E-state index in [1.54, 1.807) is 0 Å². The van der Waals surface area contributed by atoms with Crippen LogP contribution in [0, 0.1) is 28.6 Å². The van der Waals surface area contributed by atoms with Crippen LogP contribution < -0.4 is 16.0 Å². The average molecular weight is 486 g/mol. The second-order valence-corrected chi connectivity index (χ2v) is 10.4. The minimum atomic E-state index is -5.16. The van der Waals surface area contributed by atoms with Crippen LogP contribution in [0.5, 0.6) is 0 Å². The Hall–Kier alpha value is -2.84. The Morgan fingerprint density at radius 1 is 1.18 bits per heavy atom. The van der Waals surface area contributed by atoms with Gasteiger partial charge in [-0.2, -0.15) is 18.4 Å². The van der Waals surface area contributed by atoms with E-state index in [0.717, 1.165) is 0 Å². The lowest BCUT2D eigenvalue weighted by atomic mass is 9.84. The molecule has 2 saturated heterocycles. The molecule has 0 radical (unpaired) electrons. The molecule has 2 unspecified atom stereocenters. The maximum Gasteiger partial charge on any atom is 0.471 e. The van der Waals surface area contributed by atoms with Gasteiger partial charge in [-0.3, -0.25) is 19.2 Å². The third-order valence-electron chi connectivity index (χ3n) is 6.91. The number of nitrogens with zero attached hydrogens (tertiary/aromatic N) is 2. The van der Waals surface area contributed by atoms with Crippen LogP contribution in [-0.4, -0.2) is 65.4 Å². The molecule has 9 nitrogen and oxygen atoms in total. The predicted octanol–water partition coefficient (Wildman–Crippen LogP) is 0.994. The Bertz CT molecular complexity index is 894. The third kappa shape index (κ3) is 5.28. The standard InChI is InChI=1S/C22H30F3N5O4/c1-21(2,3)16(29-20(34)22(23,24)25)19(33)30-14-5-4-11(9-14)15(30)18(32)28-13(10-26)8-12-6-7-27-17(12)31/h11-16H,4-9H2,1-3H3,(H,27,31)(H,28,32)(H,29,34)/t11?,12-,13-,14?,15-,16+/m0/s1. The van der Waals surface area contributed by atoms with Crippen LogP contribution in [0.25, 0.3) is 0 Å². The molecule has 3 fully saturated rings. The molecular formula is C22H30F3N5O4. The van der Waals surface area contributed by atoms with Crippen molar-refractivity contribution >= 4 is 23.6 Å². The number of carbonyl (C=O) groups is 4. The van der Waals surface area contributed by atoms with Crippen LogP contribution in [0.1, 0.15) is 52.9 Å². The van der Waals surface area contributed by atoms with Gasteiger partial charge in [-0.05, 0) is 43.4 Å². The maximum absolute atomic E-state index is 13.5. The molecule has 1 aliphatic carbocycles. The lowest BCUT2D eigenvalue weighted by Crippen LogP contribution is -2.62. The first-order valence-electron chi connectivity index (χ1n) is 11.4. The van der Waals surface area contributed by atoms with Crippen molar-refractivity contribution < 1.29 is 32.3 Å². The summed E-state index contributed by atoms with van der Waals surface area (Å²) >= 11 is 0. The van der Waals surface area contributed by atoms with Crippen LogP contribution in [0.2, 0.25) is 0 Å². The molecule has 4 amide bonds. The van der Waals surface area contributed by atoms with Crippen LogP contribution >= 0.6 is 0 Å². The second-order valence-electron chi connectivity index (χ2n) is 10.4. The molecule has 2 bridgehead atoms. The average Bonchev–Trinajstić information content (AvgIpc) is 3.45. The van der Waals surface area contributed by atoms with Crippen molar-refractivity contribution in [2.45, 2.75) is 83.2 Å². The molecule has 2 aliphatic heterocycles. The second kappa shape index (κ2) is 9.43. The molecule has 0 aromatic heterocycles. The van der Waals surface area contributed by atoms with E-state index in [1.807, 2.05) is 11.4 Å². The Balaban J connectivity index is 1.78. The topological polar surface area (TPSA) is 131 Å². The van der Waals surface area contributed by atoms with Gasteiger partial charge in [0.2, 0.25) is 17.7 Å². The number of alkyl halides is 3. The fourth-order valence-corrected chi connectivity index (χ4v) is 5.21. The molecule has 3 aliphatic rings. The highest BCUT2D eigenvalue weighted by molar-refractivity contribution is 5.94. The van der Waals surface area contributed by atoms with Crippen LogP contribution in [-0.2, 0) is 19.2 Å². The molecule has 0 spiro atoms. The number of piperidine rings is 1. The maximum atomic E-state index is 13.5. The summed E-state index contributed by atoms with van der Waals surface area (Å²) in [7, 11) is 0. The lowest BCUT2D eigenvalue weighted by molar-refractivity contribution is -0.176. The molecule has 34 heavy (non-hydrogen) atoms. The van der Waals surface area contributed by atoms with Gasteiger partial charge in [0.05, 0.1) is 6.07 Å². The summed E-state index contributed by atoms with van der Waals surface area (Å²) in [5.74, 6) is -4.31. The Kier molecular flexibility index (Phi) is 7.15. The van der Waals surface area contributed by atoms with Gasteiger partial charge >= 0.3 is 12.1 Å². The number of nitriles is 1. The highest BCUT2D eigenvalue weighted by Crippen LogP contribution is 2.43. The van der Waals surface area contributed by atoms with E-state index >= 15 is 0 Å². The fourth-order valence-electron chi connectivity index (χ4n) is 5.21. The van der Waals surface area contributed by atoms with Gasteiger partial charge in [0, 0.05) is 18.5 Å². The third-order valence-corrected chi connectivity index (χ3v) is 6.91. The highest BCUT2D eigenvalue weighted by atomic mass is 19.4. The first-order valence-corrected chi connectivity index (χ1v) is 11.4. The Morgan fingerprint density at radius 2 is 1.85 bits per heavy atom. The first-order chi connectivity index (χ1) is 15.7. The van der Waals surface area contributed by atoms with E-state index < -0.39 is 53.4 Å². The van der Waals surface area contributed by atoms with Crippen molar-refractivity contribution in [1.29, 1.82) is 5.26 Å². The summed E-state index contributed by atoms with van der Waals surface area (Å²) in [5.41, 5.74) is -1.05. The predicted molar refractivity (Wildman–Crippen MR) is 112 cm³/mol. The molecule has 2 heterocycles. The van der Waals surface area contributed by atoms with Gasteiger partial charge in [-0.15, -0.1) is 0 Å². The molecular weight excluding hydrogens is 455 g/mol. The van der Waals surface area contributed by atoms with E-state index in [9.17, 15) is 37.6 Å². The normalized spacial score (nSPS) is 28.1. The molecule has 3 rings (SSSR count). The fraction of sp³-hybridized carbons (Fsp3) is 0.773. The molecule has 6 atom stereocenters. The molecule has 1 saturated carbocycles. The molecule has 0 aromatic rings. The number of halogens is 3. The quantitative estimate of drug-likeness (QED) is 0.517. The van der Waals surface area contributed by atoms with Crippen molar-refractivity contribution in [3.63, 3.8) is 0 Å². The monoisotopic (exact) mass is 485 g/mol. The van der Waals surface area contributed by atoms with Crippen LogP contribution in [0.4, 0.5) is 13.2 Å².